The Bertz CT molecular complexity index is 796. The molecule has 0 aliphatic rings. The molecule has 7 heteroatoms. The van der Waals surface area contributed by atoms with Crippen molar-refractivity contribution in [1.29, 1.82) is 0 Å². The summed E-state index contributed by atoms with van der Waals surface area (Å²) in [5, 5.41) is 6.59. The Hall–Kier alpha value is -3.09. The van der Waals surface area contributed by atoms with E-state index in [1.807, 2.05) is 12.1 Å². The zero-order valence-electron chi connectivity index (χ0n) is 11.9. The molecule has 0 unspecified atom stereocenters. The first kappa shape index (κ1) is 14.8. The molecular formula is C16H12F2N4O. The molecule has 0 saturated heterocycles. The van der Waals surface area contributed by atoms with Crippen LogP contribution in [0.5, 0.6) is 0 Å². The molecule has 5 nitrogen and oxygen atoms in total. The molecule has 0 atom stereocenters. The third-order valence-electron chi connectivity index (χ3n) is 3.15. The maximum Gasteiger partial charge on any atom is 0.255 e. The summed E-state index contributed by atoms with van der Waals surface area (Å²) < 4.78 is 27.9. The van der Waals surface area contributed by atoms with Gasteiger partial charge in [0, 0.05) is 17.3 Å². The minimum atomic E-state index is -0.793. The maximum absolute atomic E-state index is 13.1. The van der Waals surface area contributed by atoms with Crippen LogP contribution in [0.1, 0.15) is 15.9 Å². The van der Waals surface area contributed by atoms with Crippen molar-refractivity contribution in [3.63, 3.8) is 0 Å². The third-order valence-corrected chi connectivity index (χ3v) is 3.15. The maximum atomic E-state index is 13.1. The van der Waals surface area contributed by atoms with Crippen molar-refractivity contribution in [1.82, 2.24) is 14.8 Å². The lowest BCUT2D eigenvalue weighted by atomic mass is 10.1. The lowest BCUT2D eigenvalue weighted by Crippen LogP contribution is -2.12. The van der Waals surface area contributed by atoms with Gasteiger partial charge in [-0.3, -0.25) is 4.79 Å². The topological polar surface area (TPSA) is 59.8 Å². The van der Waals surface area contributed by atoms with Gasteiger partial charge in [0.1, 0.15) is 24.3 Å². The van der Waals surface area contributed by atoms with E-state index in [9.17, 15) is 13.6 Å². The summed E-state index contributed by atoms with van der Waals surface area (Å²) in [6, 6.07) is 9.75. The van der Waals surface area contributed by atoms with Crippen LogP contribution in [0.15, 0.2) is 55.1 Å². The first-order valence-corrected chi connectivity index (χ1v) is 6.79. The van der Waals surface area contributed by atoms with Crippen LogP contribution in [-0.2, 0) is 6.54 Å². The molecule has 116 valence electrons. The van der Waals surface area contributed by atoms with E-state index in [2.05, 4.69) is 15.4 Å². The Labute approximate surface area is 130 Å². The molecule has 3 rings (SSSR count). The van der Waals surface area contributed by atoms with Crippen LogP contribution in [-0.4, -0.2) is 20.7 Å². The van der Waals surface area contributed by atoms with Gasteiger partial charge in [-0.15, -0.1) is 0 Å². The number of halogens is 2. The third kappa shape index (κ3) is 3.76. The first-order chi connectivity index (χ1) is 11.1. The van der Waals surface area contributed by atoms with Gasteiger partial charge in [-0.05, 0) is 29.8 Å². The first-order valence-electron chi connectivity index (χ1n) is 6.79. The minimum absolute atomic E-state index is 0.0748. The molecule has 0 spiro atoms. The van der Waals surface area contributed by atoms with Crippen LogP contribution < -0.4 is 5.32 Å². The van der Waals surface area contributed by atoms with Crippen LogP contribution in [0.2, 0.25) is 0 Å². The SMILES string of the molecule is O=C(Nc1ccc(Cn2cncn2)cc1)c1cc(F)cc(F)c1. The molecule has 3 aromatic rings. The van der Waals surface area contributed by atoms with Gasteiger partial charge >= 0.3 is 0 Å². The Morgan fingerprint density at radius 1 is 1.09 bits per heavy atom. The van der Waals surface area contributed by atoms with E-state index in [4.69, 9.17) is 0 Å². The lowest BCUT2D eigenvalue weighted by Gasteiger charge is -2.07. The molecular weight excluding hydrogens is 302 g/mol. The lowest BCUT2D eigenvalue weighted by molar-refractivity contribution is 0.102. The minimum Gasteiger partial charge on any atom is -0.322 e. The highest BCUT2D eigenvalue weighted by Gasteiger charge is 2.09. The number of aromatic nitrogens is 3. The zero-order valence-corrected chi connectivity index (χ0v) is 11.9. The van der Waals surface area contributed by atoms with Gasteiger partial charge in [-0.1, -0.05) is 12.1 Å². The summed E-state index contributed by atoms with van der Waals surface area (Å²) in [5.41, 5.74) is 1.43. The number of carbonyl (C=O) groups is 1. The average molecular weight is 314 g/mol. The molecule has 1 N–H and O–H groups in total. The number of anilines is 1. The number of nitrogens with zero attached hydrogens (tertiary/aromatic N) is 3. The molecule has 0 fully saturated rings. The summed E-state index contributed by atoms with van der Waals surface area (Å²) in [7, 11) is 0. The van der Waals surface area contributed by atoms with E-state index in [1.165, 1.54) is 6.33 Å². The molecule has 0 saturated carbocycles. The van der Waals surface area contributed by atoms with Gasteiger partial charge < -0.3 is 5.32 Å². The molecule has 0 radical (unpaired) electrons. The normalized spacial score (nSPS) is 10.5. The molecule has 0 aliphatic heterocycles. The fourth-order valence-corrected chi connectivity index (χ4v) is 2.08. The summed E-state index contributed by atoms with van der Waals surface area (Å²) in [4.78, 5) is 15.8. The van der Waals surface area contributed by atoms with E-state index in [0.29, 0.717) is 12.2 Å². The quantitative estimate of drug-likeness (QED) is 0.805. The van der Waals surface area contributed by atoms with E-state index in [1.54, 1.807) is 23.1 Å². The standard InChI is InChI=1S/C16H12F2N4O/c17-13-5-12(6-14(18)7-13)16(23)21-15-3-1-11(2-4-15)8-22-10-19-9-20-22/h1-7,9-10H,8H2,(H,21,23). The highest BCUT2D eigenvalue weighted by molar-refractivity contribution is 6.04. The second-order valence-corrected chi connectivity index (χ2v) is 4.90. The van der Waals surface area contributed by atoms with Gasteiger partial charge in [-0.25, -0.2) is 18.4 Å². The zero-order chi connectivity index (χ0) is 16.2. The van der Waals surface area contributed by atoms with Crippen molar-refractivity contribution in [2.75, 3.05) is 5.32 Å². The predicted octanol–water partition coefficient (Wildman–Crippen LogP) is 2.86. The average Bonchev–Trinajstić information content (AvgIpc) is 3.01. The monoisotopic (exact) mass is 314 g/mol. The van der Waals surface area contributed by atoms with Gasteiger partial charge in [0.2, 0.25) is 0 Å². The van der Waals surface area contributed by atoms with Crippen LogP contribution in [0.3, 0.4) is 0 Å². The van der Waals surface area contributed by atoms with Crippen molar-refractivity contribution < 1.29 is 13.6 Å². The van der Waals surface area contributed by atoms with Gasteiger partial charge in [0.05, 0.1) is 6.54 Å². The number of amides is 1. The number of hydrogen-bond donors (Lipinski definition) is 1. The van der Waals surface area contributed by atoms with Gasteiger partial charge in [0.25, 0.3) is 5.91 Å². The molecule has 23 heavy (non-hydrogen) atoms. The molecule has 0 bridgehead atoms. The summed E-state index contributed by atoms with van der Waals surface area (Å²) >= 11 is 0. The number of rotatable bonds is 4. The van der Waals surface area contributed by atoms with Crippen LogP contribution in [0.25, 0.3) is 0 Å². The Kier molecular flexibility index (Phi) is 4.09. The Morgan fingerprint density at radius 2 is 1.78 bits per heavy atom. The van der Waals surface area contributed by atoms with Crippen molar-refractivity contribution in [3.8, 4) is 0 Å². The molecule has 0 aliphatic carbocycles. The summed E-state index contributed by atoms with van der Waals surface area (Å²) in [5.74, 6) is -2.16. The van der Waals surface area contributed by atoms with Crippen molar-refractivity contribution in [3.05, 3.63) is 77.9 Å². The Morgan fingerprint density at radius 3 is 2.39 bits per heavy atom. The molecule has 1 heterocycles. The molecule has 1 aromatic heterocycles. The van der Waals surface area contributed by atoms with Crippen LogP contribution in [0.4, 0.5) is 14.5 Å². The second kappa shape index (κ2) is 6.35. The van der Waals surface area contributed by atoms with Crippen LogP contribution in [0, 0.1) is 11.6 Å². The Balaban J connectivity index is 1.69. The predicted molar refractivity (Wildman–Crippen MR) is 79.9 cm³/mol. The second-order valence-electron chi connectivity index (χ2n) is 4.90. The highest BCUT2D eigenvalue weighted by atomic mass is 19.1. The fraction of sp³-hybridized carbons (Fsp3) is 0.0625. The number of carbonyl (C=O) groups excluding carboxylic acids is 1. The number of nitrogens with one attached hydrogen (secondary N) is 1. The fourth-order valence-electron chi connectivity index (χ4n) is 2.08. The van der Waals surface area contributed by atoms with Crippen molar-refractivity contribution in [2.24, 2.45) is 0 Å². The highest BCUT2D eigenvalue weighted by Crippen LogP contribution is 2.14. The largest absolute Gasteiger partial charge is 0.322 e. The van der Waals surface area contributed by atoms with Crippen molar-refractivity contribution >= 4 is 11.6 Å². The van der Waals surface area contributed by atoms with Gasteiger partial charge in [0.15, 0.2) is 0 Å². The van der Waals surface area contributed by atoms with E-state index in [0.717, 1.165) is 23.8 Å². The van der Waals surface area contributed by atoms with Crippen LogP contribution >= 0.6 is 0 Å². The number of hydrogen-bond acceptors (Lipinski definition) is 3. The molecule has 1 amide bonds. The van der Waals surface area contributed by atoms with E-state index in [-0.39, 0.29) is 5.56 Å². The molecule has 2 aromatic carbocycles. The van der Waals surface area contributed by atoms with E-state index < -0.39 is 17.5 Å². The van der Waals surface area contributed by atoms with Gasteiger partial charge in [-0.2, -0.15) is 5.10 Å². The number of benzene rings is 2. The smallest absolute Gasteiger partial charge is 0.255 e. The van der Waals surface area contributed by atoms with Crippen molar-refractivity contribution in [2.45, 2.75) is 6.54 Å². The summed E-state index contributed by atoms with van der Waals surface area (Å²) in [6.07, 6.45) is 3.06. The van der Waals surface area contributed by atoms with E-state index >= 15 is 0 Å². The summed E-state index contributed by atoms with van der Waals surface area (Å²) in [6.45, 7) is 0.559.